The molecular weight excluding hydrogens is 1200 g/mol. The van der Waals surface area contributed by atoms with Crippen molar-refractivity contribution in [3.8, 4) is 0 Å². The molecular formula is C60H96O30. The molecule has 5 aliphatic heterocycles. The lowest BCUT2D eigenvalue weighted by atomic mass is 9.33. The lowest BCUT2D eigenvalue weighted by molar-refractivity contribution is -0.377. The third-order valence-electron chi connectivity index (χ3n) is 23.6. The number of allylic oxidation sites excluding steroid dienone is 2. The minimum Gasteiger partial charge on any atom is -0.432 e. The molecule has 10 rings (SSSR count). The molecule has 5 aliphatic carbocycles. The van der Waals surface area contributed by atoms with Gasteiger partial charge in [0.2, 0.25) is 12.6 Å². The molecule has 0 bridgehead atoms. The standard InChI is InChI=1S/C60H96O30/c1-55(2)13-15-60(16-14-57(4)23(24(60)17-55)7-8-30-56(3)11-10-32(65)59(6,31(56)9-12-58(30,57)5)53(79)89-50-44(77)40(73)35(68)27(20-63)84-50)54(80)90-51-45(78)46(87-48-42(75)38(71)33(66)25(18-61)82-48)37(70)29(86-51)22-81-52-47(41(74)36(69)28(21-64)85-52)88-49-43(76)39(72)34(67)26(19-62)83-49/h7,24-52,61-78H,8-22H2,1-6H3/t24-,25+,26+,27+,28+,29+,30?,31?,32+,33+,34+,35+,36+,37+,38-,39-,40-,41-,42+,43+,44+,45+,46-,47+,48-,49-,50-,51-,52+,56+,57+,58+,59-,60-/m1/s1. The summed E-state index contributed by atoms with van der Waals surface area (Å²) >= 11 is 0. The van der Waals surface area contributed by atoms with Crippen molar-refractivity contribution in [3.63, 3.8) is 0 Å². The fourth-order valence-electron chi connectivity index (χ4n) is 17.7. The first-order chi connectivity index (χ1) is 42.2. The van der Waals surface area contributed by atoms with Gasteiger partial charge in [-0.05, 0) is 111 Å². The van der Waals surface area contributed by atoms with Gasteiger partial charge >= 0.3 is 11.9 Å². The van der Waals surface area contributed by atoms with E-state index >= 15 is 4.79 Å². The number of aliphatic hydroxyl groups excluding tert-OH is 18. The summed E-state index contributed by atoms with van der Waals surface area (Å²) in [4.78, 5) is 30.3. The van der Waals surface area contributed by atoms with Gasteiger partial charge in [-0.1, -0.05) is 46.3 Å². The SMILES string of the molecule is CC1(C)CC[C@@]2(C(=O)O[C@H]3O[C@@H](CO[C@H]4O[C@@H](CO)[C@H](O)[C@@H](O)[C@@H]4O[C@H]4O[C@@H](CO)[C@H](O)[C@@H](O)[C@@H]4O)[C@H](O)[C@@H](O[C@H]4O[C@@H](CO)[C@H](O)[C@@H](O)[C@@H]4O)[C@@H]3O)CC[C@@]3(C)C(=CCC4[C@]5(C)CC[C@H](O)[C@](C)(C(=O)O[C@H]6O[C@@H](CO)[C@H](O)[C@@H](O)[C@@H]6O)C5CC[C@@]43C)[C@H]2C1. The van der Waals surface area contributed by atoms with Crippen molar-refractivity contribution in [1.82, 2.24) is 0 Å². The Bertz CT molecular complexity index is 2540. The molecule has 90 heavy (non-hydrogen) atoms. The van der Waals surface area contributed by atoms with E-state index in [9.17, 15) is 96.7 Å². The first-order valence-electron chi connectivity index (χ1n) is 31.5. The molecule has 34 atom stereocenters. The van der Waals surface area contributed by atoms with Crippen LogP contribution in [0.1, 0.15) is 106 Å². The summed E-state index contributed by atoms with van der Waals surface area (Å²) in [6, 6.07) is 0. The van der Waals surface area contributed by atoms with Crippen molar-refractivity contribution >= 4 is 11.9 Å². The Labute approximate surface area is 519 Å². The van der Waals surface area contributed by atoms with Gasteiger partial charge in [-0.25, -0.2) is 0 Å². The van der Waals surface area contributed by atoms with Crippen LogP contribution in [0.25, 0.3) is 0 Å². The van der Waals surface area contributed by atoms with Crippen LogP contribution in [-0.4, -0.2) is 297 Å². The zero-order valence-electron chi connectivity index (χ0n) is 51.4. The highest BCUT2D eigenvalue weighted by Crippen LogP contribution is 2.76. The molecule has 9 fully saturated rings. The topological polar surface area (TPSA) is 491 Å². The van der Waals surface area contributed by atoms with Crippen LogP contribution in [0.3, 0.4) is 0 Å². The summed E-state index contributed by atoms with van der Waals surface area (Å²) in [6.45, 7) is 8.25. The monoisotopic (exact) mass is 1300 g/mol. The third-order valence-corrected chi connectivity index (χ3v) is 23.6. The molecule has 0 aromatic carbocycles. The van der Waals surface area contributed by atoms with Crippen molar-refractivity contribution < 1.29 is 149 Å². The van der Waals surface area contributed by atoms with Crippen molar-refractivity contribution in [2.45, 2.75) is 265 Å². The highest BCUT2D eigenvalue weighted by atomic mass is 16.8. The summed E-state index contributed by atoms with van der Waals surface area (Å²) in [7, 11) is 0. The van der Waals surface area contributed by atoms with E-state index in [1.54, 1.807) is 6.92 Å². The van der Waals surface area contributed by atoms with Crippen LogP contribution in [0, 0.1) is 50.2 Å². The number of rotatable bonds is 15. The Kier molecular flexibility index (Phi) is 20.5. The molecule has 0 spiro atoms. The third kappa shape index (κ3) is 11.6. The van der Waals surface area contributed by atoms with Crippen LogP contribution in [0.15, 0.2) is 11.6 Å². The number of esters is 2. The lowest BCUT2D eigenvalue weighted by Crippen LogP contribution is -2.67. The van der Waals surface area contributed by atoms with Gasteiger partial charge in [-0.3, -0.25) is 9.59 Å². The Morgan fingerprint density at radius 2 is 0.933 bits per heavy atom. The van der Waals surface area contributed by atoms with E-state index in [1.165, 1.54) is 0 Å². The molecule has 0 aromatic rings. The number of hydrogen-bond acceptors (Lipinski definition) is 30. The van der Waals surface area contributed by atoms with E-state index in [0.29, 0.717) is 51.4 Å². The predicted molar refractivity (Wildman–Crippen MR) is 297 cm³/mol. The summed E-state index contributed by atoms with van der Waals surface area (Å²) in [5.74, 6) is -2.65. The molecule has 18 N–H and O–H groups in total. The van der Waals surface area contributed by atoms with Crippen molar-refractivity contribution in [3.05, 3.63) is 11.6 Å². The average Bonchev–Trinajstić information content (AvgIpc) is 0.680. The fourth-order valence-corrected chi connectivity index (χ4v) is 17.7. The minimum atomic E-state index is -2.13. The first kappa shape index (κ1) is 70.4. The van der Waals surface area contributed by atoms with Gasteiger partial charge in [0, 0.05) is 0 Å². The first-order valence-corrected chi connectivity index (χ1v) is 31.5. The van der Waals surface area contributed by atoms with Crippen LogP contribution in [0.2, 0.25) is 0 Å². The Hall–Kier alpha value is -2.36. The fraction of sp³-hybridized carbons (Fsp3) is 0.933. The normalized spacial score (nSPS) is 53.6. The van der Waals surface area contributed by atoms with E-state index in [4.69, 9.17) is 47.4 Å². The van der Waals surface area contributed by atoms with Crippen LogP contribution in [0.4, 0.5) is 0 Å². The number of hydrogen-bond donors (Lipinski definition) is 18. The predicted octanol–water partition coefficient (Wildman–Crippen LogP) is -5.71. The van der Waals surface area contributed by atoms with E-state index in [2.05, 4.69) is 40.7 Å². The molecule has 5 saturated heterocycles. The maximum atomic E-state index is 15.7. The molecule has 5 heterocycles. The van der Waals surface area contributed by atoms with Gasteiger partial charge in [-0.2, -0.15) is 0 Å². The molecule has 0 amide bonds. The zero-order valence-corrected chi connectivity index (χ0v) is 51.4. The zero-order chi connectivity index (χ0) is 65.9. The van der Waals surface area contributed by atoms with Gasteiger partial charge in [0.15, 0.2) is 18.9 Å². The van der Waals surface area contributed by atoms with Crippen LogP contribution in [-0.2, 0) is 57.0 Å². The van der Waals surface area contributed by atoms with Crippen molar-refractivity contribution in [1.29, 1.82) is 0 Å². The van der Waals surface area contributed by atoms with E-state index < -0.39 is 244 Å². The Morgan fingerprint density at radius 1 is 0.467 bits per heavy atom. The lowest BCUT2D eigenvalue weighted by Gasteiger charge is -2.71. The number of ether oxygens (including phenoxy) is 10. The smallest absolute Gasteiger partial charge is 0.317 e. The number of carbonyl (C=O) groups excluding carboxylic acids is 2. The maximum absolute atomic E-state index is 15.7. The quantitative estimate of drug-likeness (QED) is 0.0537. The van der Waals surface area contributed by atoms with Crippen molar-refractivity contribution in [2.24, 2.45) is 50.2 Å². The second kappa shape index (κ2) is 26.2. The van der Waals surface area contributed by atoms with Crippen LogP contribution in [0.5, 0.6) is 0 Å². The molecule has 30 heteroatoms. The second-order valence-electron chi connectivity index (χ2n) is 28.9. The summed E-state index contributed by atoms with van der Waals surface area (Å²) < 4.78 is 58.7. The average molecular weight is 1300 g/mol. The largest absolute Gasteiger partial charge is 0.432 e. The molecule has 2 unspecified atom stereocenters. The summed E-state index contributed by atoms with van der Waals surface area (Å²) in [5, 5.41) is 194. The number of aliphatic hydroxyl groups is 18. The molecule has 0 aromatic heterocycles. The van der Waals surface area contributed by atoms with E-state index in [1.807, 2.05) is 0 Å². The summed E-state index contributed by atoms with van der Waals surface area (Å²) in [5.41, 5.74) is -3.70. The Balaban J connectivity index is 0.929. The molecule has 10 aliphatic rings. The Morgan fingerprint density at radius 3 is 1.49 bits per heavy atom. The highest BCUT2D eigenvalue weighted by molar-refractivity contribution is 5.79. The number of carbonyl (C=O) groups is 2. The molecule has 0 radical (unpaired) electrons. The van der Waals surface area contributed by atoms with Gasteiger partial charge in [0.1, 0.15) is 122 Å². The molecule has 516 valence electrons. The van der Waals surface area contributed by atoms with Gasteiger partial charge in [0.05, 0.1) is 50.0 Å². The van der Waals surface area contributed by atoms with E-state index in [-0.39, 0.29) is 24.2 Å². The molecule has 30 nitrogen and oxygen atoms in total. The van der Waals surface area contributed by atoms with E-state index in [0.717, 1.165) is 5.57 Å². The second-order valence-corrected chi connectivity index (χ2v) is 28.9. The minimum absolute atomic E-state index is 0.0890. The van der Waals surface area contributed by atoms with Crippen molar-refractivity contribution in [2.75, 3.05) is 33.0 Å². The highest BCUT2D eigenvalue weighted by Gasteiger charge is 2.72. The van der Waals surface area contributed by atoms with Crippen LogP contribution >= 0.6 is 0 Å². The van der Waals surface area contributed by atoms with Gasteiger partial charge < -0.3 is 139 Å². The van der Waals surface area contributed by atoms with Gasteiger partial charge in [-0.15, -0.1) is 0 Å². The summed E-state index contributed by atoms with van der Waals surface area (Å²) in [6.07, 6.45) is -40.6. The maximum Gasteiger partial charge on any atom is 0.317 e. The number of fused-ring (bicyclic) bond motifs is 7. The van der Waals surface area contributed by atoms with Gasteiger partial charge in [0.25, 0.3) is 0 Å². The molecule has 4 saturated carbocycles. The van der Waals surface area contributed by atoms with Crippen LogP contribution < -0.4 is 0 Å².